The minimum absolute atomic E-state index is 0.0852. The number of hydrogen-bond donors (Lipinski definition) is 0. The molecule has 0 bridgehead atoms. The number of carbonyl (C=O) groups is 2. The fraction of sp³-hybridized carbons (Fsp3) is 0.538. The van der Waals surface area contributed by atoms with E-state index in [4.69, 9.17) is 27.9 Å². The number of rotatable bonds is 3. The lowest BCUT2D eigenvalue weighted by molar-refractivity contribution is -0.119. The number of nitrogens with zero attached hydrogens (tertiary/aromatic N) is 1. The van der Waals surface area contributed by atoms with Crippen molar-refractivity contribution in [2.45, 2.75) is 66.2 Å². The maximum absolute atomic E-state index is 13.6. The number of carbonyl (C=O) groups excluding carboxylic acids is 2. The first kappa shape index (κ1) is 23.4. The summed E-state index contributed by atoms with van der Waals surface area (Å²) in [4.78, 5) is 29.5. The van der Waals surface area contributed by atoms with E-state index in [1.165, 1.54) is 0 Å². The molecule has 0 aromatic heterocycles. The Hall–Kier alpha value is -1.78. The van der Waals surface area contributed by atoms with Crippen LogP contribution in [0.25, 0.3) is 0 Å². The molecule has 0 N–H and O–H groups in total. The topological polar surface area (TPSA) is 46.6 Å². The van der Waals surface area contributed by atoms with Gasteiger partial charge in [-0.3, -0.25) is 9.59 Å². The Labute approximate surface area is 200 Å². The molecule has 4 nitrogen and oxygen atoms in total. The van der Waals surface area contributed by atoms with Crippen LogP contribution in [0.5, 0.6) is 5.75 Å². The summed E-state index contributed by atoms with van der Waals surface area (Å²) in [5, 5.41) is 0.838. The molecule has 172 valence electrons. The van der Waals surface area contributed by atoms with Crippen molar-refractivity contribution in [3.8, 4) is 5.75 Å². The first-order valence-corrected chi connectivity index (χ1v) is 12.0. The predicted molar refractivity (Wildman–Crippen MR) is 128 cm³/mol. The Morgan fingerprint density at radius 3 is 1.88 bits per heavy atom. The minimum Gasteiger partial charge on any atom is -0.495 e. The first-order chi connectivity index (χ1) is 14.9. The van der Waals surface area contributed by atoms with E-state index in [2.05, 4.69) is 39.5 Å². The van der Waals surface area contributed by atoms with Gasteiger partial charge in [-0.05, 0) is 42.7 Å². The molecule has 0 atom stereocenters. The standard InChI is InChI=1S/C26H31Cl2NO3/c1-7-29-17-10-25(2,3)12-19(30)22(17)21(15-8-14(27)9-16(28)24(15)32-6)23-18(29)11-26(4,5)13-20(23)31/h8-9,21H,7,10-13H2,1-6H3. The van der Waals surface area contributed by atoms with Crippen LogP contribution in [0.4, 0.5) is 0 Å². The van der Waals surface area contributed by atoms with Gasteiger partial charge < -0.3 is 9.64 Å². The summed E-state index contributed by atoms with van der Waals surface area (Å²) in [6, 6.07) is 3.43. The average Bonchev–Trinajstić information content (AvgIpc) is 2.64. The number of methoxy groups -OCH3 is 1. The van der Waals surface area contributed by atoms with Gasteiger partial charge >= 0.3 is 0 Å². The van der Waals surface area contributed by atoms with Crippen molar-refractivity contribution in [2.75, 3.05) is 13.7 Å². The number of Topliss-reactive ketones (excluding diaryl/α,β-unsaturated/α-hetero) is 2. The molecule has 0 saturated heterocycles. The molecule has 1 aliphatic heterocycles. The molecule has 0 spiro atoms. The van der Waals surface area contributed by atoms with Crippen LogP contribution >= 0.6 is 23.2 Å². The van der Waals surface area contributed by atoms with Crippen LogP contribution in [0.1, 0.15) is 71.8 Å². The van der Waals surface area contributed by atoms with E-state index in [0.29, 0.717) is 51.9 Å². The zero-order chi connectivity index (χ0) is 23.6. The monoisotopic (exact) mass is 475 g/mol. The minimum atomic E-state index is -0.513. The lowest BCUT2D eigenvalue weighted by Crippen LogP contribution is -2.44. The molecule has 4 rings (SSSR count). The van der Waals surface area contributed by atoms with E-state index in [1.807, 2.05) is 0 Å². The highest BCUT2D eigenvalue weighted by atomic mass is 35.5. The Morgan fingerprint density at radius 1 is 0.938 bits per heavy atom. The van der Waals surface area contributed by atoms with E-state index >= 15 is 0 Å². The van der Waals surface area contributed by atoms with E-state index in [1.54, 1.807) is 19.2 Å². The predicted octanol–water partition coefficient (Wildman–Crippen LogP) is 6.71. The molecule has 1 heterocycles. The number of hydrogen-bond acceptors (Lipinski definition) is 4. The highest BCUT2D eigenvalue weighted by Gasteiger charge is 2.49. The van der Waals surface area contributed by atoms with Crippen molar-refractivity contribution in [3.63, 3.8) is 0 Å². The fourth-order valence-corrected chi connectivity index (χ4v) is 6.34. The third kappa shape index (κ3) is 3.80. The Morgan fingerprint density at radius 2 is 1.44 bits per heavy atom. The number of allylic oxidation sites excluding steroid dienone is 4. The molecule has 0 amide bonds. The van der Waals surface area contributed by atoms with Gasteiger partial charge in [-0.2, -0.15) is 0 Å². The largest absolute Gasteiger partial charge is 0.495 e. The van der Waals surface area contributed by atoms with Crippen LogP contribution in [-0.4, -0.2) is 30.1 Å². The maximum atomic E-state index is 13.6. The van der Waals surface area contributed by atoms with E-state index < -0.39 is 5.92 Å². The molecule has 0 fully saturated rings. The van der Waals surface area contributed by atoms with Gasteiger partial charge in [0.2, 0.25) is 0 Å². The summed E-state index contributed by atoms with van der Waals surface area (Å²) in [6.45, 7) is 11.3. The van der Waals surface area contributed by atoms with Gasteiger partial charge in [-0.1, -0.05) is 50.9 Å². The van der Waals surface area contributed by atoms with E-state index in [9.17, 15) is 9.59 Å². The molecular weight excluding hydrogens is 445 g/mol. The Bertz CT molecular complexity index is 1030. The van der Waals surface area contributed by atoms with Crippen LogP contribution in [0.3, 0.4) is 0 Å². The number of ether oxygens (including phenoxy) is 1. The summed E-state index contributed by atoms with van der Waals surface area (Å²) in [5.41, 5.74) is 3.88. The second kappa shape index (κ2) is 7.92. The van der Waals surface area contributed by atoms with Crippen molar-refractivity contribution in [1.29, 1.82) is 0 Å². The van der Waals surface area contributed by atoms with E-state index in [0.717, 1.165) is 24.2 Å². The molecule has 2 aliphatic carbocycles. The van der Waals surface area contributed by atoms with Gasteiger partial charge in [0.1, 0.15) is 5.75 Å². The second-order valence-electron chi connectivity index (χ2n) is 10.8. The van der Waals surface area contributed by atoms with Crippen LogP contribution in [0.15, 0.2) is 34.7 Å². The molecule has 6 heteroatoms. The molecule has 0 unspecified atom stereocenters. The van der Waals surface area contributed by atoms with Gasteiger partial charge in [0.25, 0.3) is 0 Å². The van der Waals surface area contributed by atoms with Crippen LogP contribution in [-0.2, 0) is 9.59 Å². The van der Waals surface area contributed by atoms with Crippen LogP contribution in [0.2, 0.25) is 10.0 Å². The Kier molecular flexibility index (Phi) is 5.78. The van der Waals surface area contributed by atoms with Gasteiger partial charge in [0.05, 0.1) is 12.1 Å². The van der Waals surface area contributed by atoms with Crippen LogP contribution < -0.4 is 4.74 Å². The molecule has 1 aromatic rings. The van der Waals surface area contributed by atoms with Gasteiger partial charge in [0.15, 0.2) is 11.6 Å². The normalized spacial score (nSPS) is 22.8. The summed E-state index contributed by atoms with van der Waals surface area (Å²) in [6.07, 6.45) is 2.44. The SMILES string of the molecule is CCN1C2=C(C(=O)CC(C)(C)C2)C(c2cc(Cl)cc(Cl)c2OC)C2=C1CC(C)(C)CC2=O. The molecule has 1 aromatic carbocycles. The highest BCUT2D eigenvalue weighted by molar-refractivity contribution is 6.35. The summed E-state index contributed by atoms with van der Waals surface area (Å²) in [5.74, 6) is 0.130. The lowest BCUT2D eigenvalue weighted by Gasteiger charge is -2.49. The quantitative estimate of drug-likeness (QED) is 0.487. The Balaban J connectivity index is 2.07. The second-order valence-corrected chi connectivity index (χ2v) is 11.6. The van der Waals surface area contributed by atoms with Gasteiger partial charge in [-0.25, -0.2) is 0 Å². The number of ketones is 2. The average molecular weight is 476 g/mol. The zero-order valence-electron chi connectivity index (χ0n) is 19.7. The van der Waals surface area contributed by atoms with Crippen molar-refractivity contribution in [3.05, 3.63) is 50.3 Å². The summed E-state index contributed by atoms with van der Waals surface area (Å²) < 4.78 is 5.68. The third-order valence-electron chi connectivity index (χ3n) is 6.89. The van der Waals surface area contributed by atoms with Crippen molar-refractivity contribution in [2.24, 2.45) is 10.8 Å². The van der Waals surface area contributed by atoms with Crippen molar-refractivity contribution in [1.82, 2.24) is 4.90 Å². The van der Waals surface area contributed by atoms with Crippen LogP contribution in [0, 0.1) is 10.8 Å². The smallest absolute Gasteiger partial charge is 0.162 e. The number of halogens is 2. The van der Waals surface area contributed by atoms with Gasteiger partial charge in [0, 0.05) is 58.4 Å². The van der Waals surface area contributed by atoms with Crippen molar-refractivity contribution >= 4 is 34.8 Å². The van der Waals surface area contributed by atoms with Gasteiger partial charge in [-0.15, -0.1) is 0 Å². The third-order valence-corrected chi connectivity index (χ3v) is 7.39. The molecule has 0 radical (unpaired) electrons. The molecule has 3 aliphatic rings. The summed E-state index contributed by atoms with van der Waals surface area (Å²) >= 11 is 12.9. The van der Waals surface area contributed by atoms with E-state index in [-0.39, 0.29) is 22.4 Å². The first-order valence-electron chi connectivity index (χ1n) is 11.2. The number of benzene rings is 1. The molecular formula is C26H31Cl2NO3. The zero-order valence-corrected chi connectivity index (χ0v) is 21.2. The maximum Gasteiger partial charge on any atom is 0.162 e. The highest BCUT2D eigenvalue weighted by Crippen LogP contribution is 2.56. The van der Waals surface area contributed by atoms with Crippen molar-refractivity contribution < 1.29 is 14.3 Å². The molecule has 32 heavy (non-hydrogen) atoms. The summed E-state index contributed by atoms with van der Waals surface area (Å²) in [7, 11) is 1.56. The molecule has 0 saturated carbocycles. The fourth-order valence-electron chi connectivity index (χ4n) is 5.75. The lowest BCUT2D eigenvalue weighted by atomic mass is 9.63.